The molecule has 32 heavy (non-hydrogen) atoms. The first-order chi connectivity index (χ1) is 15.6. The molecule has 0 saturated carbocycles. The standard InChI is InChI=1S/C24H19FN6O/c25-18-6-2-5-17(13-18)20-8-3-11-30(20)23-10-9-22-27-15-21(31(22)29-23)24(32)28-19-7-1-4-16(12-19)14-26/h1-2,4-7,9-10,12-13,15,20H,3,8,11H2,(H,28,32). The molecule has 8 heteroatoms. The number of rotatable bonds is 4. The summed E-state index contributed by atoms with van der Waals surface area (Å²) in [6.07, 6.45) is 3.34. The summed E-state index contributed by atoms with van der Waals surface area (Å²) >= 11 is 0. The van der Waals surface area contributed by atoms with Crippen molar-refractivity contribution < 1.29 is 9.18 Å². The van der Waals surface area contributed by atoms with Crippen LogP contribution in [0.3, 0.4) is 0 Å². The summed E-state index contributed by atoms with van der Waals surface area (Å²) in [4.78, 5) is 19.3. The Kier molecular flexibility index (Phi) is 5.00. The van der Waals surface area contributed by atoms with Gasteiger partial charge in [-0.1, -0.05) is 18.2 Å². The normalized spacial score (nSPS) is 15.6. The van der Waals surface area contributed by atoms with Gasteiger partial charge in [0.15, 0.2) is 11.3 Å². The molecule has 0 aliphatic carbocycles. The van der Waals surface area contributed by atoms with Gasteiger partial charge in [0, 0.05) is 12.2 Å². The molecule has 1 fully saturated rings. The second kappa shape index (κ2) is 8.12. The molecule has 0 bridgehead atoms. The lowest BCUT2D eigenvalue weighted by molar-refractivity contribution is 0.102. The van der Waals surface area contributed by atoms with Gasteiger partial charge < -0.3 is 10.2 Å². The Labute approximate surface area is 183 Å². The number of nitrogens with one attached hydrogen (secondary N) is 1. The third-order valence-corrected chi connectivity index (χ3v) is 5.61. The number of aromatic nitrogens is 3. The highest BCUT2D eigenvalue weighted by molar-refractivity contribution is 6.03. The van der Waals surface area contributed by atoms with Gasteiger partial charge in [0.25, 0.3) is 5.91 Å². The fourth-order valence-corrected chi connectivity index (χ4v) is 4.13. The number of carbonyl (C=O) groups is 1. The molecule has 1 saturated heterocycles. The predicted molar refractivity (Wildman–Crippen MR) is 118 cm³/mol. The maximum atomic E-state index is 13.8. The Morgan fingerprint density at radius 3 is 2.88 bits per heavy atom. The molecule has 1 unspecified atom stereocenters. The lowest BCUT2D eigenvalue weighted by Gasteiger charge is -2.26. The van der Waals surface area contributed by atoms with Crippen LogP contribution in [-0.4, -0.2) is 27.0 Å². The van der Waals surface area contributed by atoms with E-state index >= 15 is 0 Å². The van der Waals surface area contributed by atoms with Gasteiger partial charge in [0.1, 0.15) is 11.6 Å². The molecule has 1 aliphatic heterocycles. The van der Waals surface area contributed by atoms with Crippen LogP contribution in [-0.2, 0) is 0 Å². The Morgan fingerprint density at radius 1 is 1.16 bits per heavy atom. The maximum Gasteiger partial charge on any atom is 0.276 e. The van der Waals surface area contributed by atoms with Crippen molar-refractivity contribution in [3.8, 4) is 6.07 Å². The van der Waals surface area contributed by atoms with Crippen LogP contribution in [0.1, 0.15) is 40.5 Å². The van der Waals surface area contributed by atoms with Crippen LogP contribution < -0.4 is 10.2 Å². The quantitative estimate of drug-likeness (QED) is 0.525. The van der Waals surface area contributed by atoms with E-state index in [9.17, 15) is 9.18 Å². The van der Waals surface area contributed by atoms with E-state index in [1.807, 2.05) is 18.2 Å². The minimum absolute atomic E-state index is 0.0187. The van der Waals surface area contributed by atoms with Crippen LogP contribution in [0, 0.1) is 17.1 Å². The van der Waals surface area contributed by atoms with E-state index in [-0.39, 0.29) is 23.5 Å². The van der Waals surface area contributed by atoms with Crippen LogP contribution >= 0.6 is 0 Å². The van der Waals surface area contributed by atoms with E-state index in [0.29, 0.717) is 22.7 Å². The fraction of sp³-hybridized carbons (Fsp3) is 0.167. The number of nitrogens with zero attached hydrogens (tertiary/aromatic N) is 5. The van der Waals surface area contributed by atoms with Crippen molar-refractivity contribution in [2.24, 2.45) is 0 Å². The number of anilines is 2. The fourth-order valence-electron chi connectivity index (χ4n) is 4.13. The van der Waals surface area contributed by atoms with E-state index in [2.05, 4.69) is 26.4 Å². The first-order valence-electron chi connectivity index (χ1n) is 10.3. The van der Waals surface area contributed by atoms with Crippen molar-refractivity contribution in [2.75, 3.05) is 16.8 Å². The maximum absolute atomic E-state index is 13.8. The summed E-state index contributed by atoms with van der Waals surface area (Å²) < 4.78 is 15.3. The third-order valence-electron chi connectivity index (χ3n) is 5.61. The van der Waals surface area contributed by atoms with Gasteiger partial charge in [0.05, 0.1) is 23.9 Å². The zero-order chi connectivity index (χ0) is 22.1. The number of amides is 1. The molecule has 0 radical (unpaired) electrons. The Morgan fingerprint density at radius 2 is 2.03 bits per heavy atom. The lowest BCUT2D eigenvalue weighted by atomic mass is 10.0. The number of imidazole rings is 1. The van der Waals surface area contributed by atoms with Gasteiger partial charge in [0.2, 0.25) is 0 Å². The molecule has 7 nitrogen and oxygen atoms in total. The van der Waals surface area contributed by atoms with Gasteiger partial charge in [-0.15, -0.1) is 5.10 Å². The molecule has 1 aliphatic rings. The molecule has 1 atom stereocenters. The Balaban J connectivity index is 1.46. The van der Waals surface area contributed by atoms with E-state index in [0.717, 1.165) is 24.9 Å². The molecule has 158 valence electrons. The third kappa shape index (κ3) is 3.65. The van der Waals surface area contributed by atoms with E-state index < -0.39 is 0 Å². The SMILES string of the molecule is N#Cc1cccc(NC(=O)c2cnc3ccc(N4CCCC4c4cccc(F)c4)nn23)c1. The zero-order valence-electron chi connectivity index (χ0n) is 17.1. The van der Waals surface area contributed by atoms with E-state index in [1.54, 1.807) is 36.4 Å². The molecule has 5 rings (SSSR count). The summed E-state index contributed by atoms with van der Waals surface area (Å²) in [7, 11) is 0. The minimum atomic E-state index is -0.375. The summed E-state index contributed by atoms with van der Waals surface area (Å²) in [6, 6.07) is 19.1. The van der Waals surface area contributed by atoms with Gasteiger partial charge in [-0.2, -0.15) is 5.26 Å². The van der Waals surface area contributed by atoms with Crippen molar-refractivity contribution in [2.45, 2.75) is 18.9 Å². The van der Waals surface area contributed by atoms with Gasteiger partial charge in [-0.25, -0.2) is 13.9 Å². The van der Waals surface area contributed by atoms with Crippen LogP contribution in [0.25, 0.3) is 5.65 Å². The van der Waals surface area contributed by atoms with Crippen molar-refractivity contribution >= 4 is 23.1 Å². The van der Waals surface area contributed by atoms with Crippen molar-refractivity contribution in [1.29, 1.82) is 5.26 Å². The minimum Gasteiger partial charge on any atom is -0.348 e. The first kappa shape index (κ1) is 19.7. The monoisotopic (exact) mass is 426 g/mol. The molecule has 2 aromatic carbocycles. The van der Waals surface area contributed by atoms with Crippen molar-refractivity contribution in [1.82, 2.24) is 14.6 Å². The number of benzene rings is 2. The van der Waals surface area contributed by atoms with Crippen LogP contribution in [0.15, 0.2) is 66.9 Å². The topological polar surface area (TPSA) is 86.3 Å². The predicted octanol–water partition coefficient (Wildman–Crippen LogP) is 4.33. The molecule has 4 aromatic rings. The molecule has 0 spiro atoms. The smallest absolute Gasteiger partial charge is 0.276 e. The molecule has 1 N–H and O–H groups in total. The molecule has 3 heterocycles. The van der Waals surface area contributed by atoms with Gasteiger partial charge in [-0.3, -0.25) is 4.79 Å². The Bertz CT molecular complexity index is 1360. The number of fused-ring (bicyclic) bond motifs is 1. The molecular weight excluding hydrogens is 407 g/mol. The number of halogens is 1. The van der Waals surface area contributed by atoms with Crippen molar-refractivity contribution in [3.05, 3.63) is 89.5 Å². The van der Waals surface area contributed by atoms with Gasteiger partial charge >= 0.3 is 0 Å². The number of hydrogen-bond acceptors (Lipinski definition) is 5. The van der Waals surface area contributed by atoms with E-state index in [4.69, 9.17) is 5.26 Å². The molecule has 1 amide bonds. The van der Waals surface area contributed by atoms with Crippen molar-refractivity contribution in [3.63, 3.8) is 0 Å². The number of nitriles is 1. The number of carbonyl (C=O) groups excluding carboxylic acids is 1. The van der Waals surface area contributed by atoms with Crippen LogP contribution in [0.2, 0.25) is 0 Å². The number of hydrogen-bond donors (Lipinski definition) is 1. The highest BCUT2D eigenvalue weighted by Gasteiger charge is 2.28. The summed E-state index contributed by atoms with van der Waals surface area (Å²) in [6.45, 7) is 0.789. The van der Waals surface area contributed by atoms with Crippen LogP contribution in [0.5, 0.6) is 0 Å². The molecular formula is C24H19FN6O. The second-order valence-electron chi connectivity index (χ2n) is 7.66. The van der Waals surface area contributed by atoms with Gasteiger partial charge in [-0.05, 0) is 60.9 Å². The highest BCUT2D eigenvalue weighted by atomic mass is 19.1. The average Bonchev–Trinajstić information content (AvgIpc) is 3.46. The highest BCUT2D eigenvalue weighted by Crippen LogP contribution is 2.35. The Hall–Kier alpha value is -4.25. The second-order valence-corrected chi connectivity index (χ2v) is 7.66. The largest absolute Gasteiger partial charge is 0.348 e. The summed E-state index contributed by atoms with van der Waals surface area (Å²) in [5, 5.41) is 16.5. The molecule has 2 aromatic heterocycles. The summed E-state index contributed by atoms with van der Waals surface area (Å²) in [5.74, 6) is 0.0647. The van der Waals surface area contributed by atoms with Crippen LogP contribution in [0.4, 0.5) is 15.9 Å². The first-order valence-corrected chi connectivity index (χ1v) is 10.3. The summed E-state index contributed by atoms with van der Waals surface area (Å²) in [5.41, 5.74) is 2.71. The van der Waals surface area contributed by atoms with E-state index in [1.165, 1.54) is 16.8 Å². The average molecular weight is 426 g/mol. The lowest BCUT2D eigenvalue weighted by Crippen LogP contribution is -2.25. The zero-order valence-corrected chi connectivity index (χ0v) is 17.1.